The van der Waals surface area contributed by atoms with Crippen molar-refractivity contribution in [3.63, 3.8) is 0 Å². The lowest BCUT2D eigenvalue weighted by Crippen LogP contribution is -2.22. The van der Waals surface area contributed by atoms with Crippen LogP contribution in [0.5, 0.6) is 0 Å². The standard InChI is InChI=1S/C24H23N3O2/c1-17(18-8-4-2-5-9-18)27-29-16-23(28)26-25-15-22-20-12-13-21(14-20)24(22)19-10-6-3-7-11-19/h2-13,15,20-21H,14,16H2,1H3,(H,26,28). The SMILES string of the molecule is CC(=NOCC(=O)NN=CC1=C(c2ccccc2)C2C=CC1C2)c1ccccc1. The van der Waals surface area contributed by atoms with Gasteiger partial charge in [-0.3, -0.25) is 4.79 Å². The minimum Gasteiger partial charge on any atom is -0.385 e. The normalized spacial score (nSPS) is 20.5. The number of amides is 1. The first-order valence-electron chi connectivity index (χ1n) is 9.74. The predicted octanol–water partition coefficient (Wildman–Crippen LogP) is 4.19. The van der Waals surface area contributed by atoms with Gasteiger partial charge in [0.15, 0.2) is 6.61 Å². The molecular formula is C24H23N3O2. The van der Waals surface area contributed by atoms with Crippen LogP contribution in [-0.4, -0.2) is 24.4 Å². The van der Waals surface area contributed by atoms with Crippen LogP contribution in [0.4, 0.5) is 0 Å². The fraction of sp³-hybridized carbons (Fsp3) is 0.208. The molecule has 4 rings (SSSR count). The fourth-order valence-electron chi connectivity index (χ4n) is 3.85. The molecule has 0 saturated carbocycles. The molecule has 2 unspecified atom stereocenters. The van der Waals surface area contributed by atoms with Gasteiger partial charge in [-0.2, -0.15) is 5.10 Å². The molecule has 1 amide bonds. The Labute approximate surface area is 170 Å². The summed E-state index contributed by atoms with van der Waals surface area (Å²) in [6.45, 7) is 1.66. The molecule has 1 N–H and O–H groups in total. The van der Waals surface area contributed by atoms with Gasteiger partial charge < -0.3 is 4.84 Å². The number of oxime groups is 1. The molecule has 5 heteroatoms. The van der Waals surface area contributed by atoms with E-state index >= 15 is 0 Å². The van der Waals surface area contributed by atoms with Gasteiger partial charge in [-0.05, 0) is 35.6 Å². The molecule has 2 bridgehead atoms. The number of hydrogen-bond acceptors (Lipinski definition) is 4. The number of carbonyl (C=O) groups is 1. The highest BCUT2D eigenvalue weighted by Crippen LogP contribution is 2.47. The van der Waals surface area contributed by atoms with Crippen LogP contribution in [0.3, 0.4) is 0 Å². The van der Waals surface area contributed by atoms with Crippen molar-refractivity contribution in [2.24, 2.45) is 22.1 Å². The predicted molar refractivity (Wildman–Crippen MR) is 115 cm³/mol. The maximum absolute atomic E-state index is 12.0. The van der Waals surface area contributed by atoms with E-state index in [2.05, 4.69) is 40.0 Å². The van der Waals surface area contributed by atoms with E-state index in [1.54, 1.807) is 6.21 Å². The molecule has 0 aromatic heterocycles. The van der Waals surface area contributed by atoms with E-state index in [4.69, 9.17) is 4.84 Å². The van der Waals surface area contributed by atoms with Crippen LogP contribution >= 0.6 is 0 Å². The number of hydrazone groups is 1. The summed E-state index contributed by atoms with van der Waals surface area (Å²) in [7, 11) is 0. The first-order chi connectivity index (χ1) is 14.2. The van der Waals surface area contributed by atoms with Crippen LogP contribution in [0.1, 0.15) is 24.5 Å². The van der Waals surface area contributed by atoms with Crippen molar-refractivity contribution in [1.29, 1.82) is 0 Å². The highest BCUT2D eigenvalue weighted by Gasteiger charge is 2.34. The number of fused-ring (bicyclic) bond motifs is 2. The van der Waals surface area contributed by atoms with Gasteiger partial charge in [0.25, 0.3) is 5.91 Å². The zero-order valence-corrected chi connectivity index (χ0v) is 16.3. The summed E-state index contributed by atoms with van der Waals surface area (Å²) in [4.78, 5) is 17.1. The van der Waals surface area contributed by atoms with Gasteiger partial charge in [-0.1, -0.05) is 78.0 Å². The summed E-state index contributed by atoms with van der Waals surface area (Å²) in [5.74, 6) is 0.454. The maximum Gasteiger partial charge on any atom is 0.280 e. The Morgan fingerprint density at radius 3 is 2.52 bits per heavy atom. The van der Waals surface area contributed by atoms with Crippen molar-refractivity contribution >= 4 is 23.4 Å². The molecule has 0 aliphatic heterocycles. The van der Waals surface area contributed by atoms with Crippen LogP contribution in [0, 0.1) is 11.8 Å². The van der Waals surface area contributed by atoms with E-state index in [0.29, 0.717) is 17.5 Å². The van der Waals surface area contributed by atoms with Gasteiger partial charge in [0.2, 0.25) is 0 Å². The zero-order chi connectivity index (χ0) is 20.1. The molecule has 0 heterocycles. The molecule has 2 atom stereocenters. The minimum atomic E-state index is -0.341. The Balaban J connectivity index is 1.35. The summed E-state index contributed by atoms with van der Waals surface area (Å²) in [6.07, 6.45) is 7.34. The van der Waals surface area contributed by atoms with Crippen LogP contribution in [0.25, 0.3) is 5.57 Å². The number of nitrogens with one attached hydrogen (secondary N) is 1. The Hall–Kier alpha value is -3.47. The highest BCUT2D eigenvalue weighted by molar-refractivity contribution is 5.98. The number of hydrogen-bond donors (Lipinski definition) is 1. The summed E-state index contributed by atoms with van der Waals surface area (Å²) in [6, 6.07) is 20.0. The number of rotatable bonds is 7. The molecule has 0 fully saturated rings. The van der Waals surface area contributed by atoms with E-state index in [9.17, 15) is 4.79 Å². The third-order valence-corrected chi connectivity index (χ3v) is 5.23. The third-order valence-electron chi connectivity index (χ3n) is 5.23. The molecule has 0 spiro atoms. The molecule has 5 nitrogen and oxygen atoms in total. The second kappa shape index (κ2) is 8.69. The lowest BCUT2D eigenvalue weighted by molar-refractivity contribution is -0.125. The Kier molecular flexibility index (Phi) is 5.66. The molecule has 146 valence electrons. The molecular weight excluding hydrogens is 362 g/mol. The van der Waals surface area contributed by atoms with Gasteiger partial charge in [0.1, 0.15) is 0 Å². The van der Waals surface area contributed by atoms with Crippen molar-refractivity contribution in [3.8, 4) is 0 Å². The lowest BCUT2D eigenvalue weighted by atomic mass is 9.92. The number of nitrogens with zero attached hydrogens (tertiary/aromatic N) is 2. The topological polar surface area (TPSA) is 63.0 Å². The van der Waals surface area contributed by atoms with Crippen LogP contribution in [0.2, 0.25) is 0 Å². The molecule has 0 saturated heterocycles. The summed E-state index contributed by atoms with van der Waals surface area (Å²) in [5.41, 5.74) is 7.89. The molecule has 2 aromatic rings. The van der Waals surface area contributed by atoms with Gasteiger partial charge >= 0.3 is 0 Å². The smallest absolute Gasteiger partial charge is 0.280 e. The summed E-state index contributed by atoms with van der Waals surface area (Å²) >= 11 is 0. The largest absolute Gasteiger partial charge is 0.385 e. The molecule has 0 radical (unpaired) electrons. The molecule has 2 aliphatic rings. The Morgan fingerprint density at radius 2 is 1.76 bits per heavy atom. The van der Waals surface area contributed by atoms with Crippen LogP contribution in [-0.2, 0) is 9.63 Å². The average molecular weight is 385 g/mol. The maximum atomic E-state index is 12.0. The first kappa shape index (κ1) is 18.9. The van der Waals surface area contributed by atoms with Gasteiger partial charge in [-0.15, -0.1) is 0 Å². The quantitative estimate of drug-likeness (QED) is 0.441. The van der Waals surface area contributed by atoms with Gasteiger partial charge in [-0.25, -0.2) is 5.43 Å². The first-order valence-corrected chi connectivity index (χ1v) is 9.74. The van der Waals surface area contributed by atoms with Crippen molar-refractivity contribution in [2.45, 2.75) is 13.3 Å². The molecule has 2 aliphatic carbocycles. The zero-order valence-electron chi connectivity index (χ0n) is 16.3. The third kappa shape index (κ3) is 4.35. The van der Waals surface area contributed by atoms with E-state index in [1.807, 2.05) is 55.5 Å². The van der Waals surface area contributed by atoms with Crippen molar-refractivity contribution in [3.05, 3.63) is 89.5 Å². The van der Waals surface area contributed by atoms with Crippen molar-refractivity contribution < 1.29 is 9.63 Å². The molecule has 29 heavy (non-hydrogen) atoms. The van der Waals surface area contributed by atoms with E-state index in [-0.39, 0.29) is 12.5 Å². The second-order valence-electron chi connectivity index (χ2n) is 7.18. The number of carbonyl (C=O) groups excluding carboxylic acids is 1. The Bertz CT molecular complexity index is 991. The number of allylic oxidation sites excluding steroid dienone is 4. The summed E-state index contributed by atoms with van der Waals surface area (Å²) < 4.78 is 0. The van der Waals surface area contributed by atoms with Gasteiger partial charge in [0.05, 0.1) is 11.9 Å². The second-order valence-corrected chi connectivity index (χ2v) is 7.18. The highest BCUT2D eigenvalue weighted by atomic mass is 16.6. The monoisotopic (exact) mass is 385 g/mol. The average Bonchev–Trinajstić information content (AvgIpc) is 3.37. The lowest BCUT2D eigenvalue weighted by Gasteiger charge is -2.13. The molecule has 2 aromatic carbocycles. The van der Waals surface area contributed by atoms with E-state index in [1.165, 1.54) is 16.7 Å². The van der Waals surface area contributed by atoms with Crippen LogP contribution in [0.15, 0.2) is 88.6 Å². The van der Waals surface area contributed by atoms with Gasteiger partial charge in [0, 0.05) is 11.8 Å². The number of benzene rings is 2. The van der Waals surface area contributed by atoms with E-state index < -0.39 is 0 Å². The van der Waals surface area contributed by atoms with Crippen molar-refractivity contribution in [2.75, 3.05) is 6.61 Å². The van der Waals surface area contributed by atoms with Crippen molar-refractivity contribution in [1.82, 2.24) is 5.43 Å². The Morgan fingerprint density at radius 1 is 1.07 bits per heavy atom. The summed E-state index contributed by atoms with van der Waals surface area (Å²) in [5, 5.41) is 8.15. The van der Waals surface area contributed by atoms with E-state index in [0.717, 1.165) is 12.0 Å². The fourth-order valence-corrected chi connectivity index (χ4v) is 3.85. The minimum absolute atomic E-state index is 0.182. The van der Waals surface area contributed by atoms with Crippen LogP contribution < -0.4 is 5.43 Å².